The van der Waals surface area contributed by atoms with E-state index in [9.17, 15) is 4.79 Å². The summed E-state index contributed by atoms with van der Waals surface area (Å²) in [5, 5.41) is 9.02. The Balaban J connectivity index is 2.22. The highest BCUT2D eigenvalue weighted by atomic mass is 79.9. The fourth-order valence-electron chi connectivity index (χ4n) is 2.37. The Bertz CT molecular complexity index is 784. The molecule has 2 rings (SSSR count). The lowest BCUT2D eigenvalue weighted by Crippen LogP contribution is -2.23. The summed E-state index contributed by atoms with van der Waals surface area (Å²) < 4.78 is 6.89. The van der Waals surface area contributed by atoms with Gasteiger partial charge >= 0.3 is 5.97 Å². The zero-order valence-corrected chi connectivity index (χ0v) is 16.8. The summed E-state index contributed by atoms with van der Waals surface area (Å²) >= 11 is 3.51. The molecule has 0 aliphatic rings. The lowest BCUT2D eigenvalue weighted by molar-refractivity contribution is 0.0696. The molecule has 0 aliphatic heterocycles. The molecule has 0 atom stereocenters. The molecule has 1 aromatic carbocycles. The number of allylic oxidation sites excluding steroid dienone is 1. The van der Waals surface area contributed by atoms with Crippen molar-refractivity contribution >= 4 is 27.7 Å². The summed E-state index contributed by atoms with van der Waals surface area (Å²) in [6, 6.07) is 9.24. The van der Waals surface area contributed by atoms with E-state index in [1.54, 1.807) is 12.1 Å². The summed E-state index contributed by atoms with van der Waals surface area (Å²) in [5.41, 5.74) is 2.42. The van der Waals surface area contributed by atoms with Gasteiger partial charge in [0.1, 0.15) is 18.2 Å². The minimum Gasteiger partial charge on any atom is -0.489 e. The molecule has 1 heterocycles. The van der Waals surface area contributed by atoms with Crippen LogP contribution < -0.4 is 9.64 Å². The van der Waals surface area contributed by atoms with Gasteiger partial charge in [0.2, 0.25) is 0 Å². The molecule has 5 nitrogen and oxygen atoms in total. The quantitative estimate of drug-likeness (QED) is 0.616. The van der Waals surface area contributed by atoms with Crippen LogP contribution in [0.5, 0.6) is 5.75 Å². The summed E-state index contributed by atoms with van der Waals surface area (Å²) in [5.74, 6) is 0.577. The van der Waals surface area contributed by atoms with Crippen molar-refractivity contribution in [2.45, 2.75) is 27.3 Å². The van der Waals surface area contributed by atoms with Crippen LogP contribution in [0.2, 0.25) is 0 Å². The minimum absolute atomic E-state index is 0.179. The minimum atomic E-state index is -0.978. The van der Waals surface area contributed by atoms with Crippen LogP contribution in [0.1, 0.15) is 36.7 Å². The van der Waals surface area contributed by atoms with Crippen LogP contribution in [0.4, 0.5) is 5.82 Å². The van der Waals surface area contributed by atoms with E-state index >= 15 is 0 Å². The third-order valence-electron chi connectivity index (χ3n) is 3.81. The maximum absolute atomic E-state index is 11.0. The van der Waals surface area contributed by atoms with E-state index < -0.39 is 5.97 Å². The Hall–Kier alpha value is -2.34. The van der Waals surface area contributed by atoms with Crippen molar-refractivity contribution in [3.8, 4) is 5.75 Å². The molecule has 0 radical (unpaired) electrons. The Morgan fingerprint density at radius 2 is 2.08 bits per heavy atom. The van der Waals surface area contributed by atoms with Gasteiger partial charge in [-0.05, 0) is 57.2 Å². The molecule has 0 fully saturated rings. The molecule has 0 saturated carbocycles. The van der Waals surface area contributed by atoms with E-state index in [0.717, 1.165) is 28.1 Å². The van der Waals surface area contributed by atoms with Crippen molar-refractivity contribution in [1.82, 2.24) is 4.98 Å². The van der Waals surface area contributed by atoms with Gasteiger partial charge in [-0.2, -0.15) is 0 Å². The summed E-state index contributed by atoms with van der Waals surface area (Å²) in [6.45, 7) is 7.98. The van der Waals surface area contributed by atoms with Crippen LogP contribution in [-0.2, 0) is 6.54 Å². The lowest BCUT2D eigenvalue weighted by Gasteiger charge is -2.23. The monoisotopic (exact) mass is 418 g/mol. The molecule has 0 aliphatic carbocycles. The number of rotatable bonds is 8. The first-order chi connectivity index (χ1) is 12.4. The number of carboxylic acid groups (broad SMARTS) is 1. The predicted octanol–water partition coefficient (Wildman–Crippen LogP) is 4.91. The standard InChI is InChI=1S/C20H23BrN2O3/c1-4-23(19-8-5-15(12-22-19)20(24)25)13-16-11-17(21)6-7-18(16)26-10-9-14(2)3/h5-9,11-12H,4,10,13H2,1-3H3,(H,24,25). The third kappa shape index (κ3) is 5.59. The highest BCUT2D eigenvalue weighted by Crippen LogP contribution is 2.26. The summed E-state index contributed by atoms with van der Waals surface area (Å²) in [4.78, 5) is 17.4. The van der Waals surface area contributed by atoms with Gasteiger partial charge in [-0.3, -0.25) is 0 Å². The zero-order chi connectivity index (χ0) is 19.1. The van der Waals surface area contributed by atoms with Crippen LogP contribution >= 0.6 is 15.9 Å². The molecule has 0 unspecified atom stereocenters. The predicted molar refractivity (Wildman–Crippen MR) is 107 cm³/mol. The third-order valence-corrected chi connectivity index (χ3v) is 4.31. The van der Waals surface area contributed by atoms with E-state index in [-0.39, 0.29) is 5.56 Å². The number of hydrogen-bond acceptors (Lipinski definition) is 4. The Morgan fingerprint density at radius 3 is 2.65 bits per heavy atom. The van der Waals surface area contributed by atoms with Crippen LogP contribution in [0, 0.1) is 0 Å². The molecule has 1 N–H and O–H groups in total. The number of nitrogens with zero attached hydrogens (tertiary/aromatic N) is 2. The van der Waals surface area contributed by atoms with Crippen molar-refractivity contribution in [2.75, 3.05) is 18.1 Å². The van der Waals surface area contributed by atoms with Crippen LogP contribution in [0.3, 0.4) is 0 Å². The zero-order valence-electron chi connectivity index (χ0n) is 15.2. The second kappa shape index (κ2) is 9.38. The Morgan fingerprint density at radius 1 is 1.31 bits per heavy atom. The molecule has 0 bridgehead atoms. The normalized spacial score (nSPS) is 10.3. The van der Waals surface area contributed by atoms with E-state index in [0.29, 0.717) is 13.2 Å². The van der Waals surface area contributed by atoms with Gasteiger partial charge in [0, 0.05) is 29.3 Å². The average Bonchev–Trinajstić information content (AvgIpc) is 2.61. The first kappa shape index (κ1) is 20.0. The fourth-order valence-corrected chi connectivity index (χ4v) is 2.78. The molecule has 6 heteroatoms. The number of aromatic nitrogens is 1. The molecular weight excluding hydrogens is 396 g/mol. The number of carbonyl (C=O) groups is 1. The fraction of sp³-hybridized carbons (Fsp3) is 0.300. The molecule has 0 amide bonds. The number of halogens is 1. The number of hydrogen-bond donors (Lipinski definition) is 1. The molecule has 2 aromatic rings. The molecule has 0 spiro atoms. The largest absolute Gasteiger partial charge is 0.489 e. The van der Waals surface area contributed by atoms with E-state index in [1.165, 1.54) is 11.8 Å². The number of anilines is 1. The number of pyridine rings is 1. The van der Waals surface area contributed by atoms with E-state index in [4.69, 9.17) is 9.84 Å². The van der Waals surface area contributed by atoms with Crippen molar-refractivity contribution in [1.29, 1.82) is 0 Å². The van der Waals surface area contributed by atoms with E-state index in [2.05, 4.69) is 25.8 Å². The topological polar surface area (TPSA) is 62.7 Å². The molecule has 1 aromatic heterocycles. The van der Waals surface area contributed by atoms with Crippen molar-refractivity contribution in [2.24, 2.45) is 0 Å². The van der Waals surface area contributed by atoms with Gasteiger partial charge < -0.3 is 14.7 Å². The smallest absolute Gasteiger partial charge is 0.337 e. The molecular formula is C20H23BrN2O3. The van der Waals surface area contributed by atoms with Crippen LogP contribution in [-0.4, -0.2) is 29.2 Å². The summed E-state index contributed by atoms with van der Waals surface area (Å²) in [7, 11) is 0. The second-order valence-electron chi connectivity index (χ2n) is 6.07. The SMILES string of the molecule is CCN(Cc1cc(Br)ccc1OCC=C(C)C)c1ccc(C(=O)O)cn1. The number of benzene rings is 1. The lowest BCUT2D eigenvalue weighted by atomic mass is 10.2. The first-order valence-electron chi connectivity index (χ1n) is 8.39. The van der Waals surface area contributed by atoms with Gasteiger partial charge in [0.15, 0.2) is 0 Å². The van der Waals surface area contributed by atoms with Crippen molar-refractivity contribution in [3.63, 3.8) is 0 Å². The van der Waals surface area contributed by atoms with Gasteiger partial charge in [-0.15, -0.1) is 0 Å². The maximum atomic E-state index is 11.0. The van der Waals surface area contributed by atoms with Crippen molar-refractivity contribution in [3.05, 3.63) is 63.8 Å². The van der Waals surface area contributed by atoms with Crippen molar-refractivity contribution < 1.29 is 14.6 Å². The first-order valence-corrected chi connectivity index (χ1v) is 9.19. The average molecular weight is 419 g/mol. The van der Waals surface area contributed by atoms with Gasteiger partial charge in [0.05, 0.1) is 5.56 Å². The Kier molecular flexibility index (Phi) is 7.21. The summed E-state index contributed by atoms with van der Waals surface area (Å²) in [6.07, 6.45) is 3.42. The number of aromatic carboxylic acids is 1. The van der Waals surface area contributed by atoms with E-state index in [1.807, 2.05) is 45.0 Å². The van der Waals surface area contributed by atoms with Crippen LogP contribution in [0.15, 0.2) is 52.7 Å². The Labute approximate surface area is 162 Å². The molecule has 0 saturated heterocycles. The molecule has 26 heavy (non-hydrogen) atoms. The highest BCUT2D eigenvalue weighted by Gasteiger charge is 2.12. The maximum Gasteiger partial charge on any atom is 0.337 e. The van der Waals surface area contributed by atoms with Crippen LogP contribution in [0.25, 0.3) is 0 Å². The van der Waals surface area contributed by atoms with Gasteiger partial charge in [-0.25, -0.2) is 9.78 Å². The number of carboxylic acids is 1. The highest BCUT2D eigenvalue weighted by molar-refractivity contribution is 9.10. The second-order valence-corrected chi connectivity index (χ2v) is 6.98. The van der Waals surface area contributed by atoms with Gasteiger partial charge in [0.25, 0.3) is 0 Å². The number of ether oxygens (including phenoxy) is 1. The van der Waals surface area contributed by atoms with Gasteiger partial charge in [-0.1, -0.05) is 21.5 Å². The molecule has 138 valence electrons.